The Morgan fingerprint density at radius 3 is 2.38 bits per heavy atom. The molecule has 0 aliphatic rings. The van der Waals surface area contributed by atoms with Crippen molar-refractivity contribution in [1.29, 1.82) is 0 Å². The van der Waals surface area contributed by atoms with Crippen molar-refractivity contribution in [2.24, 2.45) is 0 Å². The van der Waals surface area contributed by atoms with Crippen LogP contribution >= 0.6 is 0 Å². The first kappa shape index (κ1) is 17.2. The first-order valence-electron chi connectivity index (χ1n) is 7.07. The van der Waals surface area contributed by atoms with Crippen LogP contribution in [0.1, 0.15) is 32.2 Å². The van der Waals surface area contributed by atoms with E-state index < -0.39 is 30.1 Å². The SMILES string of the molecule is Cc1cc(C(=O)NNC(=O)CNC(=O)c2ccccc2F)c(C)o1. The standard InChI is InChI=1S/C16H16FN3O4/c1-9-7-12(10(2)24-9)16(23)20-19-14(21)8-18-15(22)11-5-3-4-6-13(11)17/h3-7H,8H2,1-2H3,(H,18,22)(H,19,21)(H,20,23). The number of hydrogen-bond acceptors (Lipinski definition) is 4. The minimum atomic E-state index is -0.726. The third-order valence-electron chi connectivity index (χ3n) is 3.13. The number of hydrogen-bond donors (Lipinski definition) is 3. The van der Waals surface area contributed by atoms with E-state index in [1.54, 1.807) is 13.8 Å². The number of amides is 3. The molecule has 0 aliphatic carbocycles. The Balaban J connectivity index is 1.81. The molecule has 0 saturated carbocycles. The summed E-state index contributed by atoms with van der Waals surface area (Å²) in [6.07, 6.45) is 0. The van der Waals surface area contributed by atoms with Gasteiger partial charge in [0.2, 0.25) is 0 Å². The molecular formula is C16H16FN3O4. The van der Waals surface area contributed by atoms with E-state index in [0.29, 0.717) is 17.1 Å². The summed E-state index contributed by atoms with van der Waals surface area (Å²) in [5.41, 5.74) is 4.48. The van der Waals surface area contributed by atoms with Gasteiger partial charge in [0.15, 0.2) is 0 Å². The largest absolute Gasteiger partial charge is 0.466 e. The van der Waals surface area contributed by atoms with Crippen molar-refractivity contribution < 1.29 is 23.2 Å². The fraction of sp³-hybridized carbons (Fsp3) is 0.188. The van der Waals surface area contributed by atoms with Crippen LogP contribution in [-0.2, 0) is 4.79 Å². The maximum Gasteiger partial charge on any atom is 0.273 e. The van der Waals surface area contributed by atoms with Crippen molar-refractivity contribution in [3.63, 3.8) is 0 Å². The number of furan rings is 1. The van der Waals surface area contributed by atoms with Crippen LogP contribution in [0, 0.1) is 19.7 Å². The number of aryl methyl sites for hydroxylation is 2. The number of rotatable bonds is 4. The van der Waals surface area contributed by atoms with Gasteiger partial charge in [0.05, 0.1) is 17.7 Å². The van der Waals surface area contributed by atoms with Crippen molar-refractivity contribution in [3.05, 3.63) is 58.8 Å². The van der Waals surface area contributed by atoms with E-state index in [1.165, 1.54) is 24.3 Å². The molecule has 1 aromatic heterocycles. The number of carbonyl (C=O) groups excluding carboxylic acids is 3. The van der Waals surface area contributed by atoms with Gasteiger partial charge in [-0.05, 0) is 32.0 Å². The highest BCUT2D eigenvalue weighted by atomic mass is 19.1. The molecule has 0 unspecified atom stereocenters. The van der Waals surface area contributed by atoms with Crippen molar-refractivity contribution in [3.8, 4) is 0 Å². The lowest BCUT2D eigenvalue weighted by Gasteiger charge is -2.08. The summed E-state index contributed by atoms with van der Waals surface area (Å²) in [5.74, 6) is -1.62. The fourth-order valence-electron chi connectivity index (χ4n) is 2.00. The molecule has 2 aromatic rings. The normalized spacial score (nSPS) is 10.1. The van der Waals surface area contributed by atoms with E-state index in [4.69, 9.17) is 4.42 Å². The predicted octanol–water partition coefficient (Wildman–Crippen LogP) is 1.23. The van der Waals surface area contributed by atoms with Crippen LogP contribution in [0.2, 0.25) is 0 Å². The number of halogens is 1. The number of carbonyl (C=O) groups is 3. The van der Waals surface area contributed by atoms with Gasteiger partial charge in [-0.1, -0.05) is 12.1 Å². The van der Waals surface area contributed by atoms with E-state index in [-0.39, 0.29) is 5.56 Å². The van der Waals surface area contributed by atoms with Crippen LogP contribution in [0.3, 0.4) is 0 Å². The maximum absolute atomic E-state index is 13.4. The molecule has 1 heterocycles. The first-order chi connectivity index (χ1) is 11.4. The van der Waals surface area contributed by atoms with E-state index in [9.17, 15) is 18.8 Å². The van der Waals surface area contributed by atoms with Gasteiger partial charge >= 0.3 is 0 Å². The van der Waals surface area contributed by atoms with Gasteiger partial charge in [-0.15, -0.1) is 0 Å². The van der Waals surface area contributed by atoms with Gasteiger partial charge in [-0.3, -0.25) is 25.2 Å². The smallest absolute Gasteiger partial charge is 0.273 e. The van der Waals surface area contributed by atoms with Gasteiger partial charge in [0.25, 0.3) is 17.7 Å². The lowest BCUT2D eigenvalue weighted by atomic mass is 10.2. The molecule has 1 aromatic carbocycles. The molecule has 2 rings (SSSR count). The summed E-state index contributed by atoms with van der Waals surface area (Å²) < 4.78 is 18.6. The second kappa shape index (κ2) is 7.40. The van der Waals surface area contributed by atoms with Crippen LogP contribution in [-0.4, -0.2) is 24.3 Å². The lowest BCUT2D eigenvalue weighted by Crippen LogP contribution is -2.46. The molecule has 0 fully saturated rings. The summed E-state index contributed by atoms with van der Waals surface area (Å²) in [6, 6.07) is 6.94. The van der Waals surface area contributed by atoms with Gasteiger partial charge in [0.1, 0.15) is 17.3 Å². The second-order valence-corrected chi connectivity index (χ2v) is 4.99. The fourth-order valence-corrected chi connectivity index (χ4v) is 2.00. The molecule has 0 spiro atoms. The average molecular weight is 333 g/mol. The molecule has 0 bridgehead atoms. The van der Waals surface area contributed by atoms with Crippen molar-refractivity contribution in [2.75, 3.05) is 6.54 Å². The lowest BCUT2D eigenvalue weighted by molar-refractivity contribution is -0.120. The molecule has 3 amide bonds. The molecule has 0 aliphatic heterocycles. The summed E-state index contributed by atoms with van der Waals surface area (Å²) in [6.45, 7) is 2.90. The van der Waals surface area contributed by atoms with Gasteiger partial charge in [-0.2, -0.15) is 0 Å². The van der Waals surface area contributed by atoms with E-state index in [0.717, 1.165) is 6.07 Å². The van der Waals surface area contributed by atoms with Crippen LogP contribution in [0.25, 0.3) is 0 Å². The number of benzene rings is 1. The predicted molar refractivity (Wildman–Crippen MR) is 82.5 cm³/mol. The summed E-state index contributed by atoms with van der Waals surface area (Å²) >= 11 is 0. The Morgan fingerprint density at radius 2 is 1.75 bits per heavy atom. The molecule has 0 radical (unpaired) electrons. The molecule has 24 heavy (non-hydrogen) atoms. The van der Waals surface area contributed by atoms with E-state index in [2.05, 4.69) is 16.2 Å². The summed E-state index contributed by atoms with van der Waals surface area (Å²) in [4.78, 5) is 35.2. The summed E-state index contributed by atoms with van der Waals surface area (Å²) in [5, 5.41) is 2.26. The molecule has 3 N–H and O–H groups in total. The Bertz CT molecular complexity index is 785. The monoisotopic (exact) mass is 333 g/mol. The molecule has 0 saturated heterocycles. The van der Waals surface area contributed by atoms with Crippen LogP contribution in [0.15, 0.2) is 34.7 Å². The van der Waals surface area contributed by atoms with Crippen molar-refractivity contribution in [1.82, 2.24) is 16.2 Å². The number of nitrogens with one attached hydrogen (secondary N) is 3. The van der Waals surface area contributed by atoms with Gasteiger partial charge in [-0.25, -0.2) is 4.39 Å². The highest BCUT2D eigenvalue weighted by Gasteiger charge is 2.15. The minimum Gasteiger partial charge on any atom is -0.466 e. The maximum atomic E-state index is 13.4. The molecular weight excluding hydrogens is 317 g/mol. The minimum absolute atomic E-state index is 0.168. The topological polar surface area (TPSA) is 100 Å². The highest BCUT2D eigenvalue weighted by Crippen LogP contribution is 2.12. The molecule has 8 heteroatoms. The zero-order chi connectivity index (χ0) is 17.7. The van der Waals surface area contributed by atoms with E-state index in [1.807, 2.05) is 0 Å². The van der Waals surface area contributed by atoms with E-state index >= 15 is 0 Å². The zero-order valence-corrected chi connectivity index (χ0v) is 13.1. The molecule has 0 atom stereocenters. The third kappa shape index (κ3) is 4.19. The van der Waals surface area contributed by atoms with Crippen molar-refractivity contribution >= 4 is 17.7 Å². The Morgan fingerprint density at radius 1 is 1.04 bits per heavy atom. The van der Waals surface area contributed by atoms with Gasteiger partial charge < -0.3 is 9.73 Å². The van der Waals surface area contributed by atoms with Crippen LogP contribution < -0.4 is 16.2 Å². The van der Waals surface area contributed by atoms with Crippen molar-refractivity contribution in [2.45, 2.75) is 13.8 Å². The van der Waals surface area contributed by atoms with Gasteiger partial charge in [0, 0.05) is 0 Å². The summed E-state index contributed by atoms with van der Waals surface area (Å²) in [7, 11) is 0. The molecule has 126 valence electrons. The number of hydrazine groups is 1. The first-order valence-corrected chi connectivity index (χ1v) is 7.07. The Labute approximate surface area is 137 Å². The Kier molecular flexibility index (Phi) is 5.31. The average Bonchev–Trinajstić information content (AvgIpc) is 2.89. The van der Waals surface area contributed by atoms with Crippen LogP contribution in [0.4, 0.5) is 4.39 Å². The highest BCUT2D eigenvalue weighted by molar-refractivity contribution is 5.98. The quantitative estimate of drug-likeness (QED) is 0.733. The van der Waals surface area contributed by atoms with Crippen LogP contribution in [0.5, 0.6) is 0 Å². The Hall–Kier alpha value is -3.16. The second-order valence-electron chi connectivity index (χ2n) is 4.99. The molecule has 7 nitrogen and oxygen atoms in total. The zero-order valence-electron chi connectivity index (χ0n) is 13.1. The third-order valence-corrected chi connectivity index (χ3v) is 3.13.